The Kier molecular flexibility index (Phi) is 3.46. The van der Waals surface area contributed by atoms with Crippen LogP contribution in [-0.2, 0) is 0 Å². The molecule has 0 unspecified atom stereocenters. The summed E-state index contributed by atoms with van der Waals surface area (Å²) in [6, 6.07) is 39.7. The Morgan fingerprint density at radius 1 is 0.353 bits per heavy atom. The molecule has 8 aromatic carbocycles. The molecule has 8 rings (SSSR count). The van der Waals surface area contributed by atoms with Gasteiger partial charge in [-0.15, -0.1) is 0 Å². The van der Waals surface area contributed by atoms with E-state index in [1.165, 1.54) is 75.8 Å². The van der Waals surface area contributed by atoms with E-state index in [1.54, 1.807) is 0 Å². The van der Waals surface area contributed by atoms with Gasteiger partial charge in [-0.1, -0.05) is 109 Å². The maximum atomic E-state index is 7.11. The smallest absolute Gasteiger partial charge is 0.0563 e. The fraction of sp³-hybridized carbons (Fsp3) is 0.0303. The average molecular weight is 432 g/mol. The minimum Gasteiger partial charge on any atom is -0.320 e. The van der Waals surface area contributed by atoms with Gasteiger partial charge >= 0.3 is 0 Å². The van der Waals surface area contributed by atoms with Crippen LogP contribution in [0, 0.1) is 0 Å². The lowest BCUT2D eigenvalue weighted by atomic mass is 9.85. The molecule has 0 spiro atoms. The highest BCUT2D eigenvalue weighted by Crippen LogP contribution is 2.41. The van der Waals surface area contributed by atoms with Crippen molar-refractivity contribution in [1.82, 2.24) is 0 Å². The van der Waals surface area contributed by atoms with Gasteiger partial charge in [0.05, 0.1) is 6.04 Å². The van der Waals surface area contributed by atoms with Gasteiger partial charge in [-0.05, 0) is 75.8 Å². The third-order valence-electron chi connectivity index (χ3n) is 7.79. The Hall–Kier alpha value is -4.20. The second-order valence-electron chi connectivity index (χ2n) is 9.50. The zero-order valence-corrected chi connectivity index (χ0v) is 18.5. The molecule has 1 heteroatoms. The minimum atomic E-state index is -0.214. The topological polar surface area (TPSA) is 26.0 Å². The third-order valence-corrected chi connectivity index (χ3v) is 7.79. The van der Waals surface area contributed by atoms with Crippen LogP contribution in [0.2, 0.25) is 0 Å². The van der Waals surface area contributed by atoms with Crippen LogP contribution in [0.3, 0.4) is 0 Å². The molecule has 0 fully saturated rings. The van der Waals surface area contributed by atoms with Crippen LogP contribution in [0.5, 0.6) is 0 Å². The van der Waals surface area contributed by atoms with Gasteiger partial charge in [0.25, 0.3) is 0 Å². The van der Waals surface area contributed by atoms with Crippen LogP contribution in [0.1, 0.15) is 17.2 Å². The molecule has 0 saturated heterocycles. The summed E-state index contributed by atoms with van der Waals surface area (Å²) >= 11 is 0. The van der Waals surface area contributed by atoms with E-state index in [0.717, 1.165) is 0 Å². The van der Waals surface area contributed by atoms with Crippen LogP contribution in [-0.4, -0.2) is 0 Å². The van der Waals surface area contributed by atoms with Crippen LogP contribution in [0.25, 0.3) is 64.6 Å². The predicted molar refractivity (Wildman–Crippen MR) is 146 cm³/mol. The van der Waals surface area contributed by atoms with Crippen molar-refractivity contribution in [1.29, 1.82) is 0 Å². The number of nitrogens with two attached hydrogens (primary N) is 1. The summed E-state index contributed by atoms with van der Waals surface area (Å²) < 4.78 is 0. The van der Waals surface area contributed by atoms with Crippen molar-refractivity contribution in [3.8, 4) is 0 Å². The Morgan fingerprint density at radius 2 is 0.676 bits per heavy atom. The summed E-state index contributed by atoms with van der Waals surface area (Å²) in [4.78, 5) is 0. The summed E-state index contributed by atoms with van der Waals surface area (Å²) in [5, 5.41) is 15.5. The summed E-state index contributed by atoms with van der Waals surface area (Å²) in [6.45, 7) is 0. The average Bonchev–Trinajstić information content (AvgIpc) is 2.90. The first kappa shape index (κ1) is 18.3. The largest absolute Gasteiger partial charge is 0.320 e. The summed E-state index contributed by atoms with van der Waals surface area (Å²) in [7, 11) is 0. The first-order valence-corrected chi connectivity index (χ1v) is 11.9. The molecule has 0 saturated carbocycles. The molecule has 0 atom stereocenters. The number of hydrogen-bond donors (Lipinski definition) is 1. The molecule has 34 heavy (non-hydrogen) atoms. The van der Waals surface area contributed by atoms with Gasteiger partial charge in [-0.2, -0.15) is 0 Å². The molecule has 0 bridgehead atoms. The van der Waals surface area contributed by atoms with E-state index < -0.39 is 0 Å². The van der Waals surface area contributed by atoms with Crippen molar-refractivity contribution in [2.24, 2.45) is 5.73 Å². The van der Waals surface area contributed by atoms with Crippen LogP contribution >= 0.6 is 0 Å². The Bertz CT molecular complexity index is 1850. The molecule has 0 amide bonds. The Morgan fingerprint density at radius 3 is 1.09 bits per heavy atom. The highest BCUT2D eigenvalue weighted by atomic mass is 14.6. The van der Waals surface area contributed by atoms with Gasteiger partial charge in [0.1, 0.15) is 0 Å². The summed E-state index contributed by atoms with van der Waals surface area (Å²) in [5.74, 6) is 0. The molecular formula is C33H21N. The number of benzene rings is 8. The van der Waals surface area contributed by atoms with Gasteiger partial charge in [0.15, 0.2) is 0 Å². The molecule has 2 N–H and O–H groups in total. The number of rotatable bonds is 2. The van der Waals surface area contributed by atoms with Gasteiger partial charge < -0.3 is 5.73 Å². The maximum Gasteiger partial charge on any atom is 0.0563 e. The lowest BCUT2D eigenvalue weighted by Crippen LogP contribution is -2.13. The van der Waals surface area contributed by atoms with E-state index >= 15 is 0 Å². The first-order chi connectivity index (χ1) is 16.8. The van der Waals surface area contributed by atoms with Crippen molar-refractivity contribution in [3.63, 3.8) is 0 Å². The van der Waals surface area contributed by atoms with Gasteiger partial charge in [-0.25, -0.2) is 0 Å². The minimum absolute atomic E-state index is 0.214. The molecular weight excluding hydrogens is 410 g/mol. The van der Waals surface area contributed by atoms with Crippen LogP contribution < -0.4 is 5.73 Å². The van der Waals surface area contributed by atoms with Gasteiger partial charge in [0.2, 0.25) is 0 Å². The molecule has 0 aliphatic heterocycles. The highest BCUT2D eigenvalue weighted by Gasteiger charge is 2.19. The molecule has 8 aromatic rings. The third kappa shape index (κ3) is 2.27. The van der Waals surface area contributed by atoms with Crippen LogP contribution in [0.4, 0.5) is 0 Å². The van der Waals surface area contributed by atoms with Gasteiger partial charge in [-0.3, -0.25) is 0 Å². The van der Waals surface area contributed by atoms with Crippen molar-refractivity contribution in [2.45, 2.75) is 6.04 Å². The quantitative estimate of drug-likeness (QED) is 0.273. The normalized spacial score (nSPS) is 12.5. The fourth-order valence-electron chi connectivity index (χ4n) is 6.23. The standard InChI is InChI=1S/C33H21N/c34-33(27-17-13-23-9-7-19-3-1-5-21-11-15-25(27)31(23)29(19)21)28-18-14-24-10-8-20-4-2-6-22-12-16-26(28)32(24)30(20)22/h1-18,33H,34H2. The molecule has 0 radical (unpaired) electrons. The Balaban J connectivity index is 1.44. The second-order valence-corrected chi connectivity index (χ2v) is 9.50. The molecule has 0 aromatic heterocycles. The fourth-order valence-corrected chi connectivity index (χ4v) is 6.23. The lowest BCUT2D eigenvalue weighted by Gasteiger charge is -2.21. The van der Waals surface area contributed by atoms with E-state index in [9.17, 15) is 0 Å². The first-order valence-electron chi connectivity index (χ1n) is 11.9. The molecule has 158 valence electrons. The van der Waals surface area contributed by atoms with E-state index in [2.05, 4.69) is 109 Å². The summed E-state index contributed by atoms with van der Waals surface area (Å²) in [5.41, 5.74) is 9.48. The van der Waals surface area contributed by atoms with Crippen molar-refractivity contribution < 1.29 is 0 Å². The SMILES string of the molecule is NC(c1ccc2ccc3cccc4ccc1c2c34)c1ccc2ccc3cccc4ccc1c2c34. The molecule has 0 aliphatic rings. The summed E-state index contributed by atoms with van der Waals surface area (Å²) in [6.07, 6.45) is 0. The zero-order chi connectivity index (χ0) is 22.4. The van der Waals surface area contributed by atoms with E-state index in [1.807, 2.05) is 0 Å². The molecule has 1 nitrogen and oxygen atoms in total. The highest BCUT2D eigenvalue weighted by molar-refractivity contribution is 6.25. The van der Waals surface area contributed by atoms with Gasteiger partial charge in [0, 0.05) is 0 Å². The zero-order valence-electron chi connectivity index (χ0n) is 18.5. The second kappa shape index (κ2) is 6.44. The maximum absolute atomic E-state index is 7.11. The van der Waals surface area contributed by atoms with Crippen LogP contribution in [0.15, 0.2) is 109 Å². The molecule has 0 aliphatic carbocycles. The molecule has 0 heterocycles. The van der Waals surface area contributed by atoms with Crippen molar-refractivity contribution in [3.05, 3.63) is 120 Å². The van der Waals surface area contributed by atoms with Crippen molar-refractivity contribution >= 4 is 64.6 Å². The van der Waals surface area contributed by atoms with E-state index in [4.69, 9.17) is 5.73 Å². The van der Waals surface area contributed by atoms with E-state index in [-0.39, 0.29) is 6.04 Å². The monoisotopic (exact) mass is 431 g/mol. The van der Waals surface area contributed by atoms with E-state index in [0.29, 0.717) is 0 Å². The number of hydrogen-bond acceptors (Lipinski definition) is 1. The predicted octanol–water partition coefficient (Wildman–Crippen LogP) is 8.53. The van der Waals surface area contributed by atoms with Crippen molar-refractivity contribution in [2.75, 3.05) is 0 Å². The lowest BCUT2D eigenvalue weighted by molar-refractivity contribution is 0.891. The Labute approximate surface area is 196 Å².